The molecule has 98 valence electrons. The van der Waals surface area contributed by atoms with E-state index >= 15 is 0 Å². The number of hydrogen-bond donors (Lipinski definition) is 2. The second-order valence-electron chi connectivity index (χ2n) is 4.53. The van der Waals surface area contributed by atoms with Crippen molar-refractivity contribution in [3.63, 3.8) is 0 Å². The summed E-state index contributed by atoms with van der Waals surface area (Å²) in [5.41, 5.74) is 5.73. The Balaban J connectivity index is 2.17. The van der Waals surface area contributed by atoms with Crippen LogP contribution >= 0.6 is 0 Å². The molecule has 1 fully saturated rings. The third kappa shape index (κ3) is 2.76. The molecule has 1 atom stereocenters. The molecule has 2 rings (SSSR count). The number of aliphatic hydroxyl groups excluding tert-OH is 1. The number of nitrogens with two attached hydrogens (primary N) is 1. The molecule has 0 saturated carbocycles. The predicted octanol–water partition coefficient (Wildman–Crippen LogP) is 0.436. The summed E-state index contributed by atoms with van der Waals surface area (Å²) < 4.78 is 0. The molecule has 6 heteroatoms. The van der Waals surface area contributed by atoms with E-state index in [0.717, 1.165) is 25.7 Å². The SMILES string of the molecule is Nc1ccc(C(=O)N2CCCCCC2CO)nn1. The summed E-state index contributed by atoms with van der Waals surface area (Å²) in [6, 6.07) is 3.02. The van der Waals surface area contributed by atoms with Gasteiger partial charge in [-0.05, 0) is 25.0 Å². The molecule has 0 spiro atoms. The van der Waals surface area contributed by atoms with Crippen LogP contribution in [0.15, 0.2) is 12.1 Å². The summed E-state index contributed by atoms with van der Waals surface area (Å²) >= 11 is 0. The van der Waals surface area contributed by atoms with E-state index in [0.29, 0.717) is 12.4 Å². The van der Waals surface area contributed by atoms with Crippen molar-refractivity contribution in [2.24, 2.45) is 0 Å². The van der Waals surface area contributed by atoms with Gasteiger partial charge >= 0.3 is 0 Å². The highest BCUT2D eigenvalue weighted by Crippen LogP contribution is 2.18. The lowest BCUT2D eigenvalue weighted by molar-refractivity contribution is 0.0593. The van der Waals surface area contributed by atoms with Crippen LogP contribution in [0, 0.1) is 0 Å². The molecule has 3 N–H and O–H groups in total. The fourth-order valence-electron chi connectivity index (χ4n) is 2.24. The first-order chi connectivity index (χ1) is 8.72. The van der Waals surface area contributed by atoms with Crippen LogP contribution in [0.2, 0.25) is 0 Å². The fraction of sp³-hybridized carbons (Fsp3) is 0.583. The van der Waals surface area contributed by atoms with Crippen LogP contribution in [0.5, 0.6) is 0 Å². The summed E-state index contributed by atoms with van der Waals surface area (Å²) in [4.78, 5) is 14.0. The first-order valence-electron chi connectivity index (χ1n) is 6.23. The molecule has 0 bridgehead atoms. The molecule has 0 aliphatic carbocycles. The lowest BCUT2D eigenvalue weighted by atomic mass is 10.1. The Bertz CT molecular complexity index is 407. The minimum absolute atomic E-state index is 0.00581. The Kier molecular flexibility index (Phi) is 4.09. The van der Waals surface area contributed by atoms with Gasteiger partial charge in [-0.1, -0.05) is 12.8 Å². The summed E-state index contributed by atoms with van der Waals surface area (Å²) in [5.74, 6) is 0.115. The molecule has 1 aliphatic heterocycles. The zero-order valence-electron chi connectivity index (χ0n) is 10.2. The van der Waals surface area contributed by atoms with Gasteiger partial charge in [-0.25, -0.2) is 0 Å². The van der Waals surface area contributed by atoms with E-state index in [9.17, 15) is 9.90 Å². The van der Waals surface area contributed by atoms with Crippen LogP contribution in [0.3, 0.4) is 0 Å². The summed E-state index contributed by atoms with van der Waals surface area (Å²) in [6.07, 6.45) is 3.94. The number of aliphatic hydroxyl groups is 1. The molecule has 1 aromatic rings. The van der Waals surface area contributed by atoms with Crippen molar-refractivity contribution >= 4 is 11.7 Å². The van der Waals surface area contributed by atoms with Crippen LogP contribution in [0.1, 0.15) is 36.2 Å². The number of carbonyl (C=O) groups is 1. The quantitative estimate of drug-likeness (QED) is 0.794. The maximum Gasteiger partial charge on any atom is 0.274 e. The zero-order valence-corrected chi connectivity index (χ0v) is 10.2. The van der Waals surface area contributed by atoms with E-state index in [1.807, 2.05) is 0 Å². The molecule has 1 aliphatic rings. The highest BCUT2D eigenvalue weighted by Gasteiger charge is 2.26. The molecule has 1 unspecified atom stereocenters. The van der Waals surface area contributed by atoms with E-state index in [1.165, 1.54) is 0 Å². The van der Waals surface area contributed by atoms with Gasteiger partial charge < -0.3 is 15.7 Å². The average Bonchev–Trinajstić information content (AvgIpc) is 2.63. The number of rotatable bonds is 2. The first kappa shape index (κ1) is 12.8. The summed E-state index contributed by atoms with van der Waals surface area (Å²) in [5, 5.41) is 16.9. The van der Waals surface area contributed by atoms with Crippen molar-refractivity contribution in [3.05, 3.63) is 17.8 Å². The van der Waals surface area contributed by atoms with Gasteiger partial charge in [0.25, 0.3) is 5.91 Å². The van der Waals surface area contributed by atoms with Gasteiger partial charge in [0, 0.05) is 6.54 Å². The second kappa shape index (κ2) is 5.77. The van der Waals surface area contributed by atoms with Crippen molar-refractivity contribution in [3.8, 4) is 0 Å². The summed E-state index contributed by atoms with van der Waals surface area (Å²) in [7, 11) is 0. The van der Waals surface area contributed by atoms with Gasteiger partial charge in [-0.15, -0.1) is 10.2 Å². The summed E-state index contributed by atoms with van der Waals surface area (Å²) in [6.45, 7) is 0.657. The number of hydrogen-bond acceptors (Lipinski definition) is 5. The minimum atomic E-state index is -0.177. The first-order valence-corrected chi connectivity index (χ1v) is 6.23. The van der Waals surface area contributed by atoms with E-state index in [2.05, 4.69) is 10.2 Å². The van der Waals surface area contributed by atoms with Crippen molar-refractivity contribution in [2.75, 3.05) is 18.9 Å². The van der Waals surface area contributed by atoms with Crippen LogP contribution < -0.4 is 5.73 Å². The van der Waals surface area contributed by atoms with Crippen LogP contribution in [0.25, 0.3) is 0 Å². The predicted molar refractivity (Wildman–Crippen MR) is 66.8 cm³/mol. The molecule has 6 nitrogen and oxygen atoms in total. The van der Waals surface area contributed by atoms with Gasteiger partial charge in [-0.2, -0.15) is 0 Å². The number of anilines is 1. The number of aromatic nitrogens is 2. The Morgan fingerprint density at radius 3 is 2.89 bits per heavy atom. The van der Waals surface area contributed by atoms with Crippen molar-refractivity contribution in [1.82, 2.24) is 15.1 Å². The van der Waals surface area contributed by atoms with Crippen LogP contribution in [-0.4, -0.2) is 45.3 Å². The molecule has 2 heterocycles. The van der Waals surface area contributed by atoms with Crippen LogP contribution in [-0.2, 0) is 0 Å². The molecule has 0 radical (unpaired) electrons. The second-order valence-corrected chi connectivity index (χ2v) is 4.53. The van der Waals surface area contributed by atoms with Gasteiger partial charge in [0.1, 0.15) is 5.82 Å². The van der Waals surface area contributed by atoms with E-state index < -0.39 is 0 Å². The van der Waals surface area contributed by atoms with Gasteiger partial charge in [0.2, 0.25) is 0 Å². The minimum Gasteiger partial charge on any atom is -0.394 e. The molecular formula is C12H18N4O2. The number of amides is 1. The maximum absolute atomic E-state index is 12.3. The monoisotopic (exact) mass is 250 g/mol. The van der Waals surface area contributed by atoms with E-state index in [4.69, 9.17) is 5.73 Å². The van der Waals surface area contributed by atoms with Gasteiger partial charge in [-0.3, -0.25) is 4.79 Å². The van der Waals surface area contributed by atoms with Gasteiger partial charge in [0.15, 0.2) is 5.69 Å². The Morgan fingerprint density at radius 2 is 2.22 bits per heavy atom. The molecular weight excluding hydrogens is 232 g/mol. The molecule has 0 aromatic carbocycles. The Labute approximate surface area is 106 Å². The van der Waals surface area contributed by atoms with Crippen LogP contribution in [0.4, 0.5) is 5.82 Å². The average molecular weight is 250 g/mol. The lowest BCUT2D eigenvalue weighted by Crippen LogP contribution is -2.42. The highest BCUT2D eigenvalue weighted by molar-refractivity contribution is 5.92. The van der Waals surface area contributed by atoms with Crippen molar-refractivity contribution in [2.45, 2.75) is 31.7 Å². The van der Waals surface area contributed by atoms with E-state index in [-0.39, 0.29) is 24.2 Å². The normalized spacial score (nSPS) is 20.5. The number of nitrogens with zero attached hydrogens (tertiary/aromatic N) is 3. The molecule has 18 heavy (non-hydrogen) atoms. The smallest absolute Gasteiger partial charge is 0.274 e. The van der Waals surface area contributed by atoms with Crippen molar-refractivity contribution < 1.29 is 9.90 Å². The zero-order chi connectivity index (χ0) is 13.0. The Hall–Kier alpha value is -1.69. The van der Waals surface area contributed by atoms with Gasteiger partial charge in [0.05, 0.1) is 12.6 Å². The third-order valence-corrected chi connectivity index (χ3v) is 3.25. The molecule has 1 saturated heterocycles. The van der Waals surface area contributed by atoms with E-state index in [1.54, 1.807) is 17.0 Å². The third-order valence-electron chi connectivity index (χ3n) is 3.25. The topological polar surface area (TPSA) is 92.3 Å². The lowest BCUT2D eigenvalue weighted by Gasteiger charge is -2.28. The fourth-order valence-corrected chi connectivity index (χ4v) is 2.24. The molecule has 1 amide bonds. The van der Waals surface area contributed by atoms with Crippen molar-refractivity contribution in [1.29, 1.82) is 0 Å². The standard InChI is InChI=1S/C12H18N4O2/c13-11-6-5-10(14-15-11)12(18)16-7-3-1-2-4-9(16)8-17/h5-6,9,17H,1-4,7-8H2,(H2,13,15). The highest BCUT2D eigenvalue weighted by atomic mass is 16.3. The largest absolute Gasteiger partial charge is 0.394 e. The maximum atomic E-state index is 12.3. The number of carbonyl (C=O) groups excluding carboxylic acids is 1. The molecule has 1 aromatic heterocycles. The number of nitrogen functional groups attached to an aromatic ring is 1. The number of likely N-dealkylation sites (tertiary alicyclic amines) is 1. The Morgan fingerprint density at radius 1 is 1.39 bits per heavy atom.